The first-order valence-corrected chi connectivity index (χ1v) is 7.56. The second-order valence-corrected chi connectivity index (χ2v) is 6.26. The molecule has 1 saturated heterocycles. The van der Waals surface area contributed by atoms with Crippen molar-refractivity contribution in [2.45, 2.75) is 37.3 Å². The lowest BCUT2D eigenvalue weighted by Crippen LogP contribution is -2.26. The van der Waals surface area contributed by atoms with Gasteiger partial charge in [0.05, 0.1) is 0 Å². The van der Waals surface area contributed by atoms with E-state index in [1.807, 2.05) is 17.8 Å². The second kappa shape index (κ2) is 4.54. The maximum atomic E-state index is 6.29. The molecule has 2 aliphatic rings. The first-order valence-electron chi connectivity index (χ1n) is 6.41. The van der Waals surface area contributed by atoms with Crippen LogP contribution in [0.5, 0.6) is 5.75 Å². The summed E-state index contributed by atoms with van der Waals surface area (Å²) in [4.78, 5) is 0. The first-order chi connectivity index (χ1) is 8.28. The lowest BCUT2D eigenvalue weighted by atomic mass is 10.0. The lowest BCUT2D eigenvalue weighted by Gasteiger charge is -2.25. The van der Waals surface area contributed by atoms with Crippen molar-refractivity contribution in [2.24, 2.45) is 5.73 Å². The number of para-hydroxylation sites is 1. The molecule has 92 valence electrons. The third kappa shape index (κ3) is 2.45. The highest BCUT2D eigenvalue weighted by atomic mass is 32.2. The van der Waals surface area contributed by atoms with Crippen molar-refractivity contribution in [2.75, 3.05) is 11.5 Å². The van der Waals surface area contributed by atoms with Gasteiger partial charge in [0.15, 0.2) is 0 Å². The van der Waals surface area contributed by atoms with Crippen LogP contribution in [0.3, 0.4) is 0 Å². The fourth-order valence-corrected chi connectivity index (χ4v) is 3.40. The summed E-state index contributed by atoms with van der Waals surface area (Å²) in [7, 11) is 0. The van der Waals surface area contributed by atoms with Gasteiger partial charge in [-0.15, -0.1) is 0 Å². The van der Waals surface area contributed by atoms with E-state index < -0.39 is 0 Å². The molecular weight excluding hydrogens is 230 g/mol. The fraction of sp³-hybridized carbons (Fsp3) is 0.571. The Bertz CT molecular complexity index is 397. The molecule has 1 saturated carbocycles. The number of rotatable bonds is 3. The Hall–Kier alpha value is -0.670. The molecule has 0 radical (unpaired) electrons. The van der Waals surface area contributed by atoms with Gasteiger partial charge < -0.3 is 10.5 Å². The summed E-state index contributed by atoms with van der Waals surface area (Å²) < 4.78 is 6.15. The number of benzene rings is 1. The van der Waals surface area contributed by atoms with Crippen LogP contribution in [0.2, 0.25) is 0 Å². The van der Waals surface area contributed by atoms with Gasteiger partial charge in [0.1, 0.15) is 11.9 Å². The average Bonchev–Trinajstić information content (AvgIpc) is 3.10. The molecule has 3 rings (SSSR count). The summed E-state index contributed by atoms with van der Waals surface area (Å²) in [6.07, 6.45) is 5.00. The molecule has 0 spiro atoms. The van der Waals surface area contributed by atoms with Crippen molar-refractivity contribution in [3.8, 4) is 5.75 Å². The lowest BCUT2D eigenvalue weighted by molar-refractivity contribution is 0.208. The molecule has 1 unspecified atom stereocenters. The van der Waals surface area contributed by atoms with Gasteiger partial charge in [0.25, 0.3) is 0 Å². The van der Waals surface area contributed by atoms with Crippen LogP contribution in [0.4, 0.5) is 0 Å². The number of hydrogen-bond acceptors (Lipinski definition) is 3. The van der Waals surface area contributed by atoms with Gasteiger partial charge in [-0.3, -0.25) is 0 Å². The number of thioether (sulfide) groups is 1. The predicted molar refractivity (Wildman–Crippen MR) is 72.5 cm³/mol. The zero-order valence-electron chi connectivity index (χ0n) is 10.0. The van der Waals surface area contributed by atoms with Gasteiger partial charge in [-0.2, -0.15) is 11.8 Å². The molecule has 2 nitrogen and oxygen atoms in total. The van der Waals surface area contributed by atoms with Crippen molar-refractivity contribution >= 4 is 11.8 Å². The van der Waals surface area contributed by atoms with Gasteiger partial charge in [-0.25, -0.2) is 0 Å². The minimum Gasteiger partial charge on any atom is -0.489 e. The summed E-state index contributed by atoms with van der Waals surface area (Å²) in [5.41, 5.74) is 7.39. The van der Waals surface area contributed by atoms with E-state index in [1.54, 1.807) is 0 Å². The van der Waals surface area contributed by atoms with Crippen LogP contribution in [0, 0.1) is 0 Å². The summed E-state index contributed by atoms with van der Waals surface area (Å²) in [6, 6.07) is 8.30. The molecule has 1 aliphatic carbocycles. The topological polar surface area (TPSA) is 35.2 Å². The molecule has 3 heteroatoms. The van der Waals surface area contributed by atoms with Crippen LogP contribution >= 0.6 is 11.8 Å². The Morgan fingerprint density at radius 2 is 2.12 bits per heavy atom. The van der Waals surface area contributed by atoms with Crippen LogP contribution < -0.4 is 10.5 Å². The highest BCUT2D eigenvalue weighted by Gasteiger charge is 2.42. The second-order valence-electron chi connectivity index (χ2n) is 5.11. The Labute approximate surface area is 107 Å². The van der Waals surface area contributed by atoms with Crippen LogP contribution in [-0.4, -0.2) is 17.6 Å². The minimum absolute atomic E-state index is 0.0988. The molecule has 0 aromatic heterocycles. The molecule has 0 bridgehead atoms. The smallest absolute Gasteiger partial charge is 0.124 e. The summed E-state index contributed by atoms with van der Waals surface area (Å²) in [6.45, 7) is 0. The van der Waals surface area contributed by atoms with Crippen molar-refractivity contribution in [3.05, 3.63) is 29.8 Å². The Kier molecular flexibility index (Phi) is 3.05. The molecule has 17 heavy (non-hydrogen) atoms. The van der Waals surface area contributed by atoms with Gasteiger partial charge in [0, 0.05) is 16.9 Å². The quantitative estimate of drug-likeness (QED) is 0.894. The highest BCUT2D eigenvalue weighted by Crippen LogP contribution is 2.46. The van der Waals surface area contributed by atoms with E-state index in [1.165, 1.54) is 24.2 Å². The van der Waals surface area contributed by atoms with Crippen molar-refractivity contribution in [1.82, 2.24) is 0 Å². The van der Waals surface area contributed by atoms with Crippen LogP contribution in [0.25, 0.3) is 0 Å². The Balaban J connectivity index is 1.77. The molecule has 1 aliphatic heterocycles. The van der Waals surface area contributed by atoms with Crippen molar-refractivity contribution < 1.29 is 4.74 Å². The van der Waals surface area contributed by atoms with Crippen LogP contribution in [0.1, 0.15) is 31.2 Å². The molecule has 0 amide bonds. The van der Waals surface area contributed by atoms with E-state index in [2.05, 4.69) is 18.2 Å². The van der Waals surface area contributed by atoms with Crippen molar-refractivity contribution in [3.63, 3.8) is 0 Å². The monoisotopic (exact) mass is 249 g/mol. The minimum atomic E-state index is -0.0988. The third-order valence-electron chi connectivity index (χ3n) is 3.62. The Morgan fingerprint density at radius 1 is 1.29 bits per heavy atom. The maximum Gasteiger partial charge on any atom is 0.124 e. The van der Waals surface area contributed by atoms with E-state index in [9.17, 15) is 0 Å². The number of nitrogens with two attached hydrogens (primary N) is 1. The fourth-order valence-electron chi connectivity index (χ4n) is 2.37. The summed E-state index contributed by atoms with van der Waals surface area (Å²) in [5, 5.41) is 0. The zero-order chi connectivity index (χ0) is 11.7. The molecule has 1 atom stereocenters. The van der Waals surface area contributed by atoms with Crippen molar-refractivity contribution in [1.29, 1.82) is 0 Å². The van der Waals surface area contributed by atoms with E-state index >= 15 is 0 Å². The van der Waals surface area contributed by atoms with Gasteiger partial charge in [-0.05, 0) is 37.5 Å². The van der Waals surface area contributed by atoms with Crippen LogP contribution in [0.15, 0.2) is 24.3 Å². The van der Waals surface area contributed by atoms with E-state index in [-0.39, 0.29) is 5.54 Å². The predicted octanol–water partition coefficient (Wildman–Crippen LogP) is 2.91. The maximum absolute atomic E-state index is 6.29. The largest absolute Gasteiger partial charge is 0.489 e. The third-order valence-corrected chi connectivity index (χ3v) is 4.81. The summed E-state index contributed by atoms with van der Waals surface area (Å²) in [5.74, 6) is 3.41. The molecular formula is C14H19NOS. The SMILES string of the molecule is NC1(c2ccccc2OC2CCCSC2)CC1. The Morgan fingerprint density at radius 3 is 2.82 bits per heavy atom. The normalized spacial score (nSPS) is 26.5. The number of ether oxygens (including phenoxy) is 1. The van der Waals surface area contributed by atoms with Gasteiger partial charge in [0.2, 0.25) is 0 Å². The standard InChI is InChI=1S/C14H19NOS/c15-14(7-8-14)12-5-1-2-6-13(12)16-11-4-3-9-17-10-11/h1-2,5-6,11H,3-4,7-10,15H2. The van der Waals surface area contributed by atoms with E-state index in [4.69, 9.17) is 10.5 Å². The molecule has 2 N–H and O–H groups in total. The zero-order valence-corrected chi connectivity index (χ0v) is 10.8. The molecule has 2 fully saturated rings. The van der Waals surface area contributed by atoms with Gasteiger partial charge in [-0.1, -0.05) is 18.2 Å². The first kappa shape index (κ1) is 11.4. The van der Waals surface area contributed by atoms with E-state index in [0.29, 0.717) is 6.10 Å². The molecule has 1 aromatic carbocycles. The van der Waals surface area contributed by atoms with E-state index in [0.717, 1.165) is 24.3 Å². The van der Waals surface area contributed by atoms with Crippen LogP contribution in [-0.2, 0) is 5.54 Å². The highest BCUT2D eigenvalue weighted by molar-refractivity contribution is 7.99. The summed E-state index contributed by atoms with van der Waals surface area (Å²) >= 11 is 1.99. The number of hydrogen-bond donors (Lipinski definition) is 1. The molecule has 1 heterocycles. The molecule has 1 aromatic rings. The average molecular weight is 249 g/mol. The van der Waals surface area contributed by atoms with Gasteiger partial charge >= 0.3 is 0 Å².